The summed E-state index contributed by atoms with van der Waals surface area (Å²) in [5.41, 5.74) is 6.03. The highest BCUT2D eigenvalue weighted by atomic mass is 32.2. The number of aryl methyl sites for hydroxylation is 1. The SMILES string of the molecule is CCCCC(CCC)NS(=O)(=O)c1sc(N)nc1C. The Kier molecular flexibility index (Phi) is 6.22. The lowest BCUT2D eigenvalue weighted by atomic mass is 10.1. The monoisotopic (exact) mass is 305 g/mol. The number of hydrogen-bond acceptors (Lipinski definition) is 5. The van der Waals surface area contributed by atoms with Crippen LogP contribution in [-0.2, 0) is 10.0 Å². The first kappa shape index (κ1) is 16.4. The number of anilines is 1. The van der Waals surface area contributed by atoms with Gasteiger partial charge in [0.25, 0.3) is 10.0 Å². The van der Waals surface area contributed by atoms with E-state index in [0.717, 1.165) is 43.4 Å². The van der Waals surface area contributed by atoms with E-state index in [1.807, 2.05) is 0 Å². The van der Waals surface area contributed by atoms with Crippen molar-refractivity contribution >= 4 is 26.5 Å². The van der Waals surface area contributed by atoms with Gasteiger partial charge < -0.3 is 5.73 Å². The molecule has 19 heavy (non-hydrogen) atoms. The van der Waals surface area contributed by atoms with Crippen LogP contribution in [0.5, 0.6) is 0 Å². The highest BCUT2D eigenvalue weighted by Crippen LogP contribution is 2.25. The molecule has 1 aromatic rings. The van der Waals surface area contributed by atoms with Gasteiger partial charge >= 0.3 is 0 Å². The Hall–Kier alpha value is -0.660. The summed E-state index contributed by atoms with van der Waals surface area (Å²) in [6, 6.07) is -0.00215. The highest BCUT2D eigenvalue weighted by molar-refractivity contribution is 7.91. The quantitative estimate of drug-likeness (QED) is 0.773. The average Bonchev–Trinajstić information content (AvgIpc) is 2.66. The molecule has 0 saturated heterocycles. The van der Waals surface area contributed by atoms with Crippen molar-refractivity contribution in [2.75, 3.05) is 5.73 Å². The fourth-order valence-electron chi connectivity index (χ4n) is 1.99. The van der Waals surface area contributed by atoms with E-state index >= 15 is 0 Å². The van der Waals surface area contributed by atoms with Crippen LogP contribution >= 0.6 is 11.3 Å². The van der Waals surface area contributed by atoms with Crippen molar-refractivity contribution in [2.24, 2.45) is 0 Å². The minimum absolute atomic E-state index is 0.00215. The molecular formula is C12H23N3O2S2. The predicted molar refractivity (Wildman–Crippen MR) is 79.8 cm³/mol. The van der Waals surface area contributed by atoms with Crippen LogP contribution in [-0.4, -0.2) is 19.4 Å². The van der Waals surface area contributed by atoms with Crippen molar-refractivity contribution in [3.63, 3.8) is 0 Å². The van der Waals surface area contributed by atoms with Crippen molar-refractivity contribution in [3.05, 3.63) is 5.69 Å². The van der Waals surface area contributed by atoms with Crippen LogP contribution in [0.15, 0.2) is 4.21 Å². The minimum atomic E-state index is -3.50. The van der Waals surface area contributed by atoms with Crippen LogP contribution in [0.1, 0.15) is 51.6 Å². The Bertz CT molecular complexity index is 497. The molecular weight excluding hydrogens is 282 g/mol. The fourth-order valence-corrected chi connectivity index (χ4v) is 4.61. The summed E-state index contributed by atoms with van der Waals surface area (Å²) in [5, 5.41) is 0.290. The standard InChI is InChI=1S/C12H23N3O2S2/c1-4-6-8-10(7-5-2)15-19(16,17)11-9(3)14-12(13)18-11/h10,15H,4-8H2,1-3H3,(H2,13,14). The number of aromatic nitrogens is 1. The summed E-state index contributed by atoms with van der Waals surface area (Å²) in [4.78, 5) is 3.97. The number of thiazole rings is 1. The summed E-state index contributed by atoms with van der Waals surface area (Å²) in [6.07, 6.45) is 4.77. The summed E-state index contributed by atoms with van der Waals surface area (Å²) in [7, 11) is -3.50. The molecule has 0 aliphatic carbocycles. The first-order chi connectivity index (χ1) is 8.90. The maximum atomic E-state index is 12.3. The Labute approximate surface area is 119 Å². The number of sulfonamides is 1. The van der Waals surface area contributed by atoms with Crippen LogP contribution in [0.4, 0.5) is 5.13 Å². The summed E-state index contributed by atoms with van der Waals surface area (Å²) in [6.45, 7) is 5.83. The van der Waals surface area contributed by atoms with E-state index in [-0.39, 0.29) is 10.3 Å². The van der Waals surface area contributed by atoms with Gasteiger partial charge in [-0.2, -0.15) is 0 Å². The zero-order chi connectivity index (χ0) is 14.5. The Morgan fingerprint density at radius 2 is 2.00 bits per heavy atom. The molecule has 1 rings (SSSR count). The molecule has 0 aliphatic rings. The van der Waals surface area contributed by atoms with Gasteiger partial charge in [-0.15, -0.1) is 0 Å². The van der Waals surface area contributed by atoms with Gasteiger partial charge in [-0.1, -0.05) is 44.4 Å². The topological polar surface area (TPSA) is 85.1 Å². The maximum Gasteiger partial charge on any atom is 0.252 e. The van der Waals surface area contributed by atoms with Gasteiger partial charge in [-0.25, -0.2) is 18.1 Å². The van der Waals surface area contributed by atoms with Gasteiger partial charge in [-0.05, 0) is 19.8 Å². The van der Waals surface area contributed by atoms with Crippen LogP contribution in [0.3, 0.4) is 0 Å². The van der Waals surface area contributed by atoms with Gasteiger partial charge in [0.15, 0.2) is 9.34 Å². The van der Waals surface area contributed by atoms with Crippen LogP contribution in [0.2, 0.25) is 0 Å². The number of rotatable bonds is 8. The predicted octanol–water partition coefficient (Wildman–Crippen LogP) is 2.67. The molecule has 0 amide bonds. The van der Waals surface area contributed by atoms with E-state index in [1.54, 1.807) is 6.92 Å². The molecule has 0 bridgehead atoms. The average molecular weight is 305 g/mol. The normalized spacial score (nSPS) is 13.6. The van der Waals surface area contributed by atoms with E-state index in [0.29, 0.717) is 10.8 Å². The number of nitrogens with one attached hydrogen (secondary N) is 1. The molecule has 0 aromatic carbocycles. The van der Waals surface area contributed by atoms with Gasteiger partial charge in [0, 0.05) is 6.04 Å². The molecule has 5 nitrogen and oxygen atoms in total. The van der Waals surface area contributed by atoms with E-state index in [9.17, 15) is 8.42 Å². The van der Waals surface area contributed by atoms with Crippen LogP contribution in [0, 0.1) is 6.92 Å². The molecule has 7 heteroatoms. The maximum absolute atomic E-state index is 12.3. The zero-order valence-corrected chi connectivity index (χ0v) is 13.4. The molecule has 0 saturated carbocycles. The summed E-state index contributed by atoms with van der Waals surface area (Å²) in [5.74, 6) is 0. The van der Waals surface area contributed by atoms with Crippen molar-refractivity contribution in [2.45, 2.75) is 63.1 Å². The first-order valence-electron chi connectivity index (χ1n) is 6.66. The number of unbranched alkanes of at least 4 members (excludes halogenated alkanes) is 1. The largest absolute Gasteiger partial charge is 0.375 e. The third-order valence-corrected chi connectivity index (χ3v) is 6.00. The first-order valence-corrected chi connectivity index (χ1v) is 8.95. The van der Waals surface area contributed by atoms with Crippen molar-refractivity contribution in [1.82, 2.24) is 9.71 Å². The smallest absolute Gasteiger partial charge is 0.252 e. The second-order valence-electron chi connectivity index (χ2n) is 4.67. The lowest BCUT2D eigenvalue weighted by molar-refractivity contribution is 0.484. The molecule has 0 fully saturated rings. The molecule has 110 valence electrons. The molecule has 0 radical (unpaired) electrons. The lowest BCUT2D eigenvalue weighted by Gasteiger charge is -2.17. The third-order valence-electron chi connectivity index (χ3n) is 2.88. The highest BCUT2D eigenvalue weighted by Gasteiger charge is 2.24. The van der Waals surface area contributed by atoms with Crippen molar-refractivity contribution in [3.8, 4) is 0 Å². The van der Waals surface area contributed by atoms with Crippen molar-refractivity contribution in [1.29, 1.82) is 0 Å². The van der Waals surface area contributed by atoms with Crippen LogP contribution in [0.25, 0.3) is 0 Å². The Morgan fingerprint density at radius 1 is 1.32 bits per heavy atom. The zero-order valence-electron chi connectivity index (χ0n) is 11.8. The number of nitrogen functional groups attached to an aromatic ring is 1. The molecule has 0 aliphatic heterocycles. The third kappa shape index (κ3) is 4.74. The second-order valence-corrected chi connectivity index (χ2v) is 7.61. The number of hydrogen-bond donors (Lipinski definition) is 2. The molecule has 0 spiro atoms. The Balaban J connectivity index is 2.84. The van der Waals surface area contributed by atoms with Gasteiger partial charge in [0.2, 0.25) is 0 Å². The van der Waals surface area contributed by atoms with E-state index in [1.165, 1.54) is 0 Å². The number of nitrogens with zero attached hydrogens (tertiary/aromatic N) is 1. The fraction of sp³-hybridized carbons (Fsp3) is 0.750. The second kappa shape index (κ2) is 7.21. The minimum Gasteiger partial charge on any atom is -0.375 e. The molecule has 1 aromatic heterocycles. The summed E-state index contributed by atoms with van der Waals surface area (Å²) < 4.78 is 27.7. The van der Waals surface area contributed by atoms with E-state index < -0.39 is 10.0 Å². The van der Waals surface area contributed by atoms with Crippen LogP contribution < -0.4 is 10.5 Å². The number of nitrogens with two attached hydrogens (primary N) is 1. The summed E-state index contributed by atoms with van der Waals surface area (Å²) >= 11 is 1.02. The Morgan fingerprint density at radius 3 is 2.47 bits per heavy atom. The van der Waals surface area contributed by atoms with Gasteiger partial charge in [0.05, 0.1) is 5.69 Å². The van der Waals surface area contributed by atoms with Crippen molar-refractivity contribution < 1.29 is 8.42 Å². The van der Waals surface area contributed by atoms with Gasteiger partial charge in [-0.3, -0.25) is 0 Å². The molecule has 1 unspecified atom stereocenters. The molecule has 3 N–H and O–H groups in total. The van der Waals surface area contributed by atoms with Gasteiger partial charge in [0.1, 0.15) is 0 Å². The van der Waals surface area contributed by atoms with E-state index in [2.05, 4.69) is 23.6 Å². The lowest BCUT2D eigenvalue weighted by Crippen LogP contribution is -2.34. The molecule has 1 atom stereocenters. The van der Waals surface area contributed by atoms with E-state index in [4.69, 9.17) is 5.73 Å². The molecule has 1 heterocycles.